The Kier molecular flexibility index (Phi) is 7.83. The number of fused-ring (bicyclic) bond motifs is 1. The maximum absolute atomic E-state index is 5.67. The molecule has 0 saturated heterocycles. The number of nitrogens with zero attached hydrogens (tertiary/aromatic N) is 2. The van der Waals surface area contributed by atoms with Crippen molar-refractivity contribution >= 4 is 28.8 Å². The van der Waals surface area contributed by atoms with Crippen molar-refractivity contribution in [3.63, 3.8) is 0 Å². The van der Waals surface area contributed by atoms with E-state index in [0.29, 0.717) is 6.54 Å². The van der Waals surface area contributed by atoms with E-state index in [1.54, 1.807) is 12.3 Å². The van der Waals surface area contributed by atoms with Crippen molar-refractivity contribution in [1.29, 1.82) is 0 Å². The number of hydrogen-bond donors (Lipinski definition) is 1. The van der Waals surface area contributed by atoms with Crippen LogP contribution in [-0.2, 0) is 6.54 Å². The highest BCUT2D eigenvalue weighted by Gasteiger charge is 1.93. The highest BCUT2D eigenvalue weighted by molar-refractivity contribution is 6.31. The summed E-state index contributed by atoms with van der Waals surface area (Å²) in [5.74, 6) is 0. The van der Waals surface area contributed by atoms with Crippen LogP contribution in [-0.4, -0.2) is 9.38 Å². The molecule has 0 atom stereocenters. The highest BCUT2D eigenvalue weighted by atomic mass is 35.5. The summed E-state index contributed by atoms with van der Waals surface area (Å²) in [6.45, 7) is 4.36. The van der Waals surface area contributed by atoms with Crippen LogP contribution in [0.4, 0.5) is 0 Å². The van der Waals surface area contributed by atoms with Crippen LogP contribution >= 0.6 is 23.2 Å². The molecule has 2 aromatic rings. The SMILES string of the molecule is C\C=C(Cl)/C=C\C(C)=C\Cl.NCc1ccn2ccnc2c1. The van der Waals surface area contributed by atoms with Gasteiger partial charge in [0, 0.05) is 35.7 Å². The standard InChI is InChI=1S/C8H10Cl2.C8H9N3/c1-3-8(10)5-4-7(2)6-9;9-6-7-1-3-11-4-2-10-8(11)5-7/h3-6H,1-2H3;1-5H,6,9H2/b5-4-,7-6+,8-3+;. The first-order chi connectivity index (χ1) is 10.1. The lowest BCUT2D eigenvalue weighted by Crippen LogP contribution is -1.96. The van der Waals surface area contributed by atoms with Crippen LogP contribution in [0.3, 0.4) is 0 Å². The Morgan fingerprint density at radius 1 is 1.38 bits per heavy atom. The third kappa shape index (κ3) is 6.17. The summed E-state index contributed by atoms with van der Waals surface area (Å²) in [5.41, 5.74) is 10.0. The normalized spacial score (nSPS) is 12.6. The Morgan fingerprint density at radius 3 is 2.76 bits per heavy atom. The fourth-order valence-corrected chi connectivity index (χ4v) is 1.56. The Labute approximate surface area is 135 Å². The number of nitrogens with two attached hydrogens (primary N) is 1. The van der Waals surface area contributed by atoms with Crippen LogP contribution in [0.15, 0.2) is 65.1 Å². The summed E-state index contributed by atoms with van der Waals surface area (Å²) >= 11 is 11.1. The van der Waals surface area contributed by atoms with Crippen LogP contribution in [0.2, 0.25) is 0 Å². The van der Waals surface area contributed by atoms with E-state index < -0.39 is 0 Å². The zero-order valence-electron chi connectivity index (χ0n) is 12.1. The van der Waals surface area contributed by atoms with Crippen LogP contribution in [0, 0.1) is 0 Å². The lowest BCUT2D eigenvalue weighted by Gasteiger charge is -1.96. The molecule has 112 valence electrons. The molecule has 0 radical (unpaired) electrons. The van der Waals surface area contributed by atoms with Crippen molar-refractivity contribution in [2.45, 2.75) is 20.4 Å². The summed E-state index contributed by atoms with van der Waals surface area (Å²) in [7, 11) is 0. The monoisotopic (exact) mass is 323 g/mol. The number of halogens is 2. The third-order valence-corrected chi connectivity index (χ3v) is 3.34. The van der Waals surface area contributed by atoms with Gasteiger partial charge in [-0.05, 0) is 43.2 Å². The molecule has 2 heterocycles. The molecule has 5 heteroatoms. The van der Waals surface area contributed by atoms with Gasteiger partial charge in [0.15, 0.2) is 0 Å². The largest absolute Gasteiger partial charge is 0.326 e. The van der Waals surface area contributed by atoms with Crippen molar-refractivity contribution in [3.05, 3.63) is 70.7 Å². The lowest BCUT2D eigenvalue weighted by atomic mass is 10.3. The van der Waals surface area contributed by atoms with Gasteiger partial charge in [0.05, 0.1) is 0 Å². The van der Waals surface area contributed by atoms with Gasteiger partial charge in [-0.15, -0.1) is 0 Å². The smallest absolute Gasteiger partial charge is 0.136 e. The van der Waals surface area contributed by atoms with Gasteiger partial charge in [-0.2, -0.15) is 0 Å². The number of hydrogen-bond acceptors (Lipinski definition) is 2. The summed E-state index contributed by atoms with van der Waals surface area (Å²) < 4.78 is 1.96. The predicted octanol–water partition coefficient (Wildman–Crippen LogP) is 4.62. The van der Waals surface area contributed by atoms with Crippen LogP contribution in [0.5, 0.6) is 0 Å². The summed E-state index contributed by atoms with van der Waals surface area (Å²) in [4.78, 5) is 4.13. The number of pyridine rings is 1. The lowest BCUT2D eigenvalue weighted by molar-refractivity contribution is 1.05. The summed E-state index contributed by atoms with van der Waals surface area (Å²) in [6.07, 6.45) is 11.1. The molecular weight excluding hydrogens is 305 g/mol. The van der Waals surface area contributed by atoms with Gasteiger partial charge >= 0.3 is 0 Å². The first kappa shape index (κ1) is 17.5. The zero-order valence-corrected chi connectivity index (χ0v) is 13.6. The van der Waals surface area contributed by atoms with Gasteiger partial charge in [0.25, 0.3) is 0 Å². The fourth-order valence-electron chi connectivity index (χ4n) is 1.42. The van der Waals surface area contributed by atoms with E-state index in [9.17, 15) is 0 Å². The van der Waals surface area contributed by atoms with E-state index in [-0.39, 0.29) is 0 Å². The first-order valence-corrected chi connectivity index (χ1v) is 7.30. The molecule has 0 aliphatic rings. The summed E-state index contributed by atoms with van der Waals surface area (Å²) in [5, 5.41) is 0.720. The molecule has 3 nitrogen and oxygen atoms in total. The average Bonchev–Trinajstić information content (AvgIpc) is 3.00. The molecule has 2 aromatic heterocycles. The minimum absolute atomic E-state index is 0.573. The van der Waals surface area contributed by atoms with E-state index in [0.717, 1.165) is 21.8 Å². The third-order valence-electron chi connectivity index (χ3n) is 2.65. The average molecular weight is 324 g/mol. The van der Waals surface area contributed by atoms with Crippen LogP contribution in [0.1, 0.15) is 19.4 Å². The van der Waals surface area contributed by atoms with E-state index in [2.05, 4.69) is 4.98 Å². The van der Waals surface area contributed by atoms with Gasteiger partial charge in [-0.1, -0.05) is 35.4 Å². The Morgan fingerprint density at radius 2 is 2.14 bits per heavy atom. The molecule has 2 rings (SSSR count). The van der Waals surface area contributed by atoms with Crippen molar-refractivity contribution in [1.82, 2.24) is 9.38 Å². The molecule has 21 heavy (non-hydrogen) atoms. The maximum atomic E-state index is 5.67. The van der Waals surface area contributed by atoms with E-state index in [1.165, 1.54) is 5.54 Å². The molecular formula is C16H19Cl2N3. The highest BCUT2D eigenvalue weighted by Crippen LogP contribution is 2.05. The number of aromatic nitrogens is 2. The van der Waals surface area contributed by atoms with Crippen LogP contribution in [0.25, 0.3) is 5.65 Å². The van der Waals surface area contributed by atoms with E-state index >= 15 is 0 Å². The zero-order chi connectivity index (χ0) is 15.7. The Hall–Kier alpha value is -1.55. The molecule has 0 saturated carbocycles. The molecule has 0 aromatic carbocycles. The van der Waals surface area contributed by atoms with E-state index in [4.69, 9.17) is 28.9 Å². The van der Waals surface area contributed by atoms with Gasteiger partial charge in [-0.3, -0.25) is 0 Å². The number of rotatable bonds is 3. The molecule has 0 fully saturated rings. The Balaban J connectivity index is 0.000000212. The molecule has 0 bridgehead atoms. The van der Waals surface area contributed by atoms with Gasteiger partial charge < -0.3 is 10.1 Å². The molecule has 2 N–H and O–H groups in total. The quantitative estimate of drug-likeness (QED) is 0.837. The predicted molar refractivity (Wildman–Crippen MR) is 91.4 cm³/mol. The minimum Gasteiger partial charge on any atom is -0.326 e. The minimum atomic E-state index is 0.573. The molecule has 0 spiro atoms. The topological polar surface area (TPSA) is 43.3 Å². The fraction of sp³-hybridized carbons (Fsp3) is 0.188. The van der Waals surface area contributed by atoms with E-state index in [1.807, 2.05) is 54.9 Å². The number of imidazole rings is 1. The second kappa shape index (κ2) is 9.40. The Bertz CT molecular complexity index is 634. The van der Waals surface area contributed by atoms with Crippen molar-refractivity contribution in [3.8, 4) is 0 Å². The summed E-state index contributed by atoms with van der Waals surface area (Å²) in [6, 6.07) is 3.98. The van der Waals surface area contributed by atoms with Crippen molar-refractivity contribution in [2.24, 2.45) is 5.73 Å². The number of allylic oxidation sites excluding steroid dienone is 5. The van der Waals surface area contributed by atoms with Crippen LogP contribution < -0.4 is 5.73 Å². The van der Waals surface area contributed by atoms with Crippen molar-refractivity contribution < 1.29 is 0 Å². The second-order valence-electron chi connectivity index (χ2n) is 4.29. The second-order valence-corrected chi connectivity index (χ2v) is 4.95. The van der Waals surface area contributed by atoms with Gasteiger partial charge in [0.1, 0.15) is 5.65 Å². The van der Waals surface area contributed by atoms with Gasteiger partial charge in [-0.25, -0.2) is 4.98 Å². The van der Waals surface area contributed by atoms with Crippen molar-refractivity contribution in [2.75, 3.05) is 0 Å². The molecule has 0 unspecified atom stereocenters. The molecule has 0 aliphatic heterocycles. The molecule has 0 amide bonds. The van der Waals surface area contributed by atoms with Gasteiger partial charge in [0.2, 0.25) is 0 Å². The first-order valence-electron chi connectivity index (χ1n) is 6.49. The molecule has 0 aliphatic carbocycles. The maximum Gasteiger partial charge on any atom is 0.136 e.